The Morgan fingerprint density at radius 2 is 1.64 bits per heavy atom. The van der Waals surface area contributed by atoms with Crippen LogP contribution in [0, 0.1) is 17.8 Å². The molecule has 44 heavy (non-hydrogen) atoms. The Labute approximate surface area is 258 Å². The SMILES string of the molecule is CCCC(NC(=O)[C@@H]1[C@H]2CCC[C@H]2CN1C(=O)[C@@H](NC(=O)OC(C)C)C(C)C)C(=O)C(=O)N[C@@H](Cc1ccccc1)C(=O)O. The third-order valence-corrected chi connectivity index (χ3v) is 8.31. The number of carbonyl (C=O) groups is 6. The minimum Gasteiger partial charge on any atom is -0.480 e. The van der Waals surface area contributed by atoms with Crippen LogP contribution in [0.1, 0.15) is 72.3 Å². The molecule has 1 aromatic carbocycles. The lowest BCUT2D eigenvalue weighted by molar-refractivity contribution is -0.146. The van der Waals surface area contributed by atoms with Crippen molar-refractivity contribution in [3.05, 3.63) is 35.9 Å². The van der Waals surface area contributed by atoms with E-state index in [-0.39, 0.29) is 36.7 Å². The van der Waals surface area contributed by atoms with Gasteiger partial charge in [-0.3, -0.25) is 19.2 Å². The molecule has 0 radical (unpaired) electrons. The van der Waals surface area contributed by atoms with Crippen LogP contribution < -0.4 is 16.0 Å². The van der Waals surface area contributed by atoms with E-state index in [4.69, 9.17) is 4.74 Å². The molecule has 12 nitrogen and oxygen atoms in total. The minimum absolute atomic E-state index is 0.0159. The minimum atomic E-state index is -1.34. The third kappa shape index (κ3) is 8.79. The first-order chi connectivity index (χ1) is 20.8. The molecule has 1 aromatic rings. The molecule has 1 aliphatic carbocycles. The predicted molar refractivity (Wildman–Crippen MR) is 161 cm³/mol. The van der Waals surface area contributed by atoms with Crippen LogP contribution in [0.4, 0.5) is 4.79 Å². The molecule has 1 unspecified atom stereocenters. The summed E-state index contributed by atoms with van der Waals surface area (Å²) in [4.78, 5) is 79.7. The van der Waals surface area contributed by atoms with E-state index in [9.17, 15) is 33.9 Å². The van der Waals surface area contributed by atoms with Gasteiger partial charge in [-0.15, -0.1) is 0 Å². The van der Waals surface area contributed by atoms with Crippen molar-refractivity contribution in [1.29, 1.82) is 0 Å². The maximum absolute atomic E-state index is 13.9. The van der Waals surface area contributed by atoms with Gasteiger partial charge in [-0.25, -0.2) is 9.59 Å². The smallest absolute Gasteiger partial charge is 0.408 e. The zero-order chi connectivity index (χ0) is 32.6. The number of nitrogens with one attached hydrogen (secondary N) is 3. The number of hydrogen-bond donors (Lipinski definition) is 4. The largest absolute Gasteiger partial charge is 0.480 e. The summed E-state index contributed by atoms with van der Waals surface area (Å²) in [6, 6.07) is 4.39. The van der Waals surface area contributed by atoms with Crippen LogP contribution in [-0.2, 0) is 35.1 Å². The Kier molecular flexibility index (Phi) is 12.3. The van der Waals surface area contributed by atoms with Gasteiger partial charge in [0.1, 0.15) is 18.1 Å². The number of nitrogens with zero attached hydrogens (tertiary/aromatic N) is 1. The highest BCUT2D eigenvalue weighted by atomic mass is 16.6. The molecule has 0 aromatic heterocycles. The van der Waals surface area contributed by atoms with Crippen molar-refractivity contribution in [3.63, 3.8) is 0 Å². The van der Waals surface area contributed by atoms with Crippen LogP contribution in [0.2, 0.25) is 0 Å². The number of aliphatic carboxylic acids is 1. The summed E-state index contributed by atoms with van der Waals surface area (Å²) in [6.45, 7) is 9.13. The summed E-state index contributed by atoms with van der Waals surface area (Å²) < 4.78 is 5.18. The van der Waals surface area contributed by atoms with Crippen molar-refractivity contribution >= 4 is 35.6 Å². The molecular weight excluding hydrogens is 568 g/mol. The zero-order valence-electron chi connectivity index (χ0n) is 26.2. The third-order valence-electron chi connectivity index (χ3n) is 8.31. The molecule has 2 aliphatic rings. The number of hydrogen-bond acceptors (Lipinski definition) is 7. The summed E-state index contributed by atoms with van der Waals surface area (Å²) >= 11 is 0. The van der Waals surface area contributed by atoms with Crippen molar-refractivity contribution in [1.82, 2.24) is 20.9 Å². The quantitative estimate of drug-likeness (QED) is 0.232. The number of rotatable bonds is 14. The van der Waals surface area contributed by atoms with Gasteiger partial charge in [0, 0.05) is 13.0 Å². The molecule has 242 valence electrons. The summed E-state index contributed by atoms with van der Waals surface area (Å²) in [5.41, 5.74) is 0.676. The summed E-state index contributed by atoms with van der Waals surface area (Å²) in [5, 5.41) is 17.4. The normalized spacial score (nSPS) is 21.2. The fourth-order valence-corrected chi connectivity index (χ4v) is 6.19. The van der Waals surface area contributed by atoms with Crippen molar-refractivity contribution in [2.75, 3.05) is 6.54 Å². The lowest BCUT2D eigenvalue weighted by atomic mass is 9.92. The molecule has 1 aliphatic heterocycles. The van der Waals surface area contributed by atoms with Crippen LogP contribution >= 0.6 is 0 Å². The first-order valence-corrected chi connectivity index (χ1v) is 15.5. The molecule has 0 bridgehead atoms. The monoisotopic (exact) mass is 614 g/mol. The molecule has 3 rings (SSSR count). The van der Waals surface area contributed by atoms with E-state index in [1.807, 2.05) is 0 Å². The Morgan fingerprint density at radius 3 is 2.23 bits per heavy atom. The highest BCUT2D eigenvalue weighted by Gasteiger charge is 2.51. The van der Waals surface area contributed by atoms with Gasteiger partial charge in [0.2, 0.25) is 17.6 Å². The summed E-state index contributed by atoms with van der Waals surface area (Å²) in [7, 11) is 0. The Bertz CT molecular complexity index is 1200. The second kappa shape index (κ2) is 15.7. The van der Waals surface area contributed by atoms with Crippen LogP contribution in [-0.4, -0.2) is 82.4 Å². The van der Waals surface area contributed by atoms with Crippen LogP contribution in [0.5, 0.6) is 0 Å². The van der Waals surface area contributed by atoms with Gasteiger partial charge in [-0.05, 0) is 56.4 Å². The molecular formula is C32H46N4O8. The predicted octanol–water partition coefficient (Wildman–Crippen LogP) is 2.44. The molecule has 4 amide bonds. The molecule has 1 heterocycles. The first-order valence-electron chi connectivity index (χ1n) is 15.5. The van der Waals surface area contributed by atoms with Crippen molar-refractivity contribution in [3.8, 4) is 0 Å². The lowest BCUT2D eigenvalue weighted by Crippen LogP contribution is -2.59. The molecule has 1 saturated carbocycles. The number of fused-ring (bicyclic) bond motifs is 1. The molecule has 2 fully saturated rings. The average molecular weight is 615 g/mol. The Balaban J connectivity index is 1.77. The number of carboxylic acids is 1. The van der Waals surface area contributed by atoms with E-state index in [1.54, 1.807) is 65.0 Å². The van der Waals surface area contributed by atoms with Crippen molar-refractivity contribution in [2.24, 2.45) is 17.8 Å². The number of Topliss-reactive ketones (excluding diaryl/α,β-unsaturated/α-hetero) is 1. The van der Waals surface area contributed by atoms with Crippen LogP contribution in [0.25, 0.3) is 0 Å². The highest BCUT2D eigenvalue weighted by molar-refractivity contribution is 6.38. The second-order valence-electron chi connectivity index (χ2n) is 12.4. The number of benzene rings is 1. The highest BCUT2D eigenvalue weighted by Crippen LogP contribution is 2.42. The van der Waals surface area contributed by atoms with Gasteiger partial charge >= 0.3 is 12.1 Å². The number of likely N-dealkylation sites (tertiary alicyclic amines) is 1. The van der Waals surface area contributed by atoms with E-state index in [1.165, 1.54) is 4.90 Å². The standard InChI is InChI=1S/C32H46N4O8/c1-6-11-23(27(37)29(39)34-24(31(41)42)16-20-12-8-7-9-13-20)33-28(38)26-22-15-10-14-21(22)17-36(26)30(40)25(18(2)3)35-32(43)44-19(4)5/h7-9,12-13,18-19,21-26H,6,10-11,14-17H2,1-5H3,(H,33,38)(H,34,39)(H,35,43)(H,41,42)/t21-,22-,23?,24-,25-,26-/m0/s1. The summed E-state index contributed by atoms with van der Waals surface area (Å²) in [5.74, 6) is -4.60. The fourth-order valence-electron chi connectivity index (χ4n) is 6.19. The van der Waals surface area contributed by atoms with Crippen molar-refractivity contribution in [2.45, 2.75) is 103 Å². The van der Waals surface area contributed by atoms with Gasteiger partial charge in [0.25, 0.3) is 5.91 Å². The maximum Gasteiger partial charge on any atom is 0.408 e. The topological polar surface area (TPSA) is 171 Å². The second-order valence-corrected chi connectivity index (χ2v) is 12.4. The number of amides is 4. The van der Waals surface area contributed by atoms with Crippen molar-refractivity contribution < 1.29 is 38.6 Å². The number of alkyl carbamates (subject to hydrolysis) is 1. The van der Waals surface area contributed by atoms with E-state index >= 15 is 0 Å². The van der Waals surface area contributed by atoms with E-state index in [0.717, 1.165) is 19.3 Å². The molecule has 4 N–H and O–H groups in total. The lowest BCUT2D eigenvalue weighted by Gasteiger charge is -2.32. The molecule has 1 saturated heterocycles. The van der Waals surface area contributed by atoms with E-state index < -0.39 is 59.7 Å². The van der Waals surface area contributed by atoms with Gasteiger partial charge < -0.3 is 30.7 Å². The van der Waals surface area contributed by atoms with Gasteiger partial charge in [-0.1, -0.05) is 63.9 Å². The molecule has 12 heteroatoms. The molecule has 0 spiro atoms. The molecule has 6 atom stereocenters. The fraction of sp³-hybridized carbons (Fsp3) is 0.625. The zero-order valence-corrected chi connectivity index (χ0v) is 26.2. The Hall–Kier alpha value is -3.96. The number of carboxylic acid groups (broad SMARTS) is 1. The number of ketones is 1. The van der Waals surface area contributed by atoms with Gasteiger partial charge in [0.05, 0.1) is 12.1 Å². The Morgan fingerprint density at radius 1 is 0.955 bits per heavy atom. The first kappa shape index (κ1) is 34.5. The number of carbonyl (C=O) groups excluding carboxylic acids is 5. The maximum atomic E-state index is 13.9. The van der Waals surface area contributed by atoms with E-state index in [2.05, 4.69) is 16.0 Å². The van der Waals surface area contributed by atoms with Gasteiger partial charge in [-0.2, -0.15) is 0 Å². The van der Waals surface area contributed by atoms with E-state index in [0.29, 0.717) is 18.5 Å². The average Bonchev–Trinajstić information content (AvgIpc) is 3.56. The summed E-state index contributed by atoms with van der Waals surface area (Å²) in [6.07, 6.45) is 1.99. The van der Waals surface area contributed by atoms with Crippen LogP contribution in [0.3, 0.4) is 0 Å². The van der Waals surface area contributed by atoms with Gasteiger partial charge in [0.15, 0.2) is 0 Å². The number of ether oxygens (including phenoxy) is 1. The van der Waals surface area contributed by atoms with Crippen LogP contribution in [0.15, 0.2) is 30.3 Å².